The minimum Gasteiger partial charge on any atom is -0.482 e. The fourth-order valence-electron chi connectivity index (χ4n) is 3.80. The van der Waals surface area contributed by atoms with Gasteiger partial charge in [0.05, 0.1) is 12.5 Å². The van der Waals surface area contributed by atoms with Crippen molar-refractivity contribution in [1.82, 2.24) is 9.96 Å². The maximum atomic E-state index is 12.9. The number of carboxylic acid groups (broad SMARTS) is 1. The van der Waals surface area contributed by atoms with Gasteiger partial charge in [-0.25, -0.2) is 4.79 Å². The summed E-state index contributed by atoms with van der Waals surface area (Å²) in [5.74, 6) is -0.345. The van der Waals surface area contributed by atoms with Crippen LogP contribution < -0.4 is 4.74 Å². The normalized spacial score (nSPS) is 23.5. The van der Waals surface area contributed by atoms with E-state index in [9.17, 15) is 14.8 Å². The van der Waals surface area contributed by atoms with E-state index in [0.717, 1.165) is 10.9 Å². The molecule has 0 saturated carbocycles. The minimum atomic E-state index is -1.06. The molecule has 1 saturated heterocycles. The highest BCUT2D eigenvalue weighted by molar-refractivity contribution is 6.00. The Balaban J connectivity index is 1.75. The van der Waals surface area contributed by atoms with E-state index < -0.39 is 23.8 Å². The van der Waals surface area contributed by atoms with Crippen LogP contribution in [0.3, 0.4) is 0 Å². The number of amidine groups is 1. The molecule has 1 aromatic rings. The van der Waals surface area contributed by atoms with E-state index in [0.29, 0.717) is 24.4 Å². The van der Waals surface area contributed by atoms with Gasteiger partial charge in [-0.3, -0.25) is 9.79 Å². The molecule has 2 aliphatic heterocycles. The van der Waals surface area contributed by atoms with Crippen molar-refractivity contribution in [2.75, 3.05) is 19.7 Å². The molecule has 1 atom stereocenters. The molecule has 1 fully saturated rings. The highest BCUT2D eigenvalue weighted by atomic mass is 16.5. The molecule has 2 aliphatic rings. The van der Waals surface area contributed by atoms with Crippen LogP contribution in [0.2, 0.25) is 0 Å². The van der Waals surface area contributed by atoms with Gasteiger partial charge < -0.3 is 14.7 Å². The zero-order valence-electron chi connectivity index (χ0n) is 15.9. The predicted molar refractivity (Wildman–Crippen MR) is 97.1 cm³/mol. The van der Waals surface area contributed by atoms with Crippen molar-refractivity contribution in [2.24, 2.45) is 10.9 Å². The Kier molecular flexibility index (Phi) is 4.73. The van der Waals surface area contributed by atoms with E-state index >= 15 is 0 Å². The molecule has 0 spiro atoms. The van der Waals surface area contributed by atoms with E-state index in [1.165, 1.54) is 0 Å². The highest BCUT2D eigenvalue weighted by Crippen LogP contribution is 2.40. The number of aliphatic imine (C=N–C) groups is 1. The summed E-state index contributed by atoms with van der Waals surface area (Å²) in [5.41, 5.74) is -0.979. The molecule has 3 rings (SSSR count). The van der Waals surface area contributed by atoms with Crippen molar-refractivity contribution in [3.05, 3.63) is 29.8 Å². The first-order valence-corrected chi connectivity index (χ1v) is 8.84. The van der Waals surface area contributed by atoms with Crippen molar-refractivity contribution in [1.29, 1.82) is 0 Å². The number of carbonyl (C=O) groups excluding carboxylic acids is 1. The molecule has 8 heteroatoms. The van der Waals surface area contributed by atoms with Gasteiger partial charge in [0, 0.05) is 12.1 Å². The van der Waals surface area contributed by atoms with E-state index in [2.05, 4.69) is 4.99 Å². The molecule has 1 unspecified atom stereocenters. The van der Waals surface area contributed by atoms with Gasteiger partial charge in [-0.2, -0.15) is 0 Å². The number of ketones is 1. The summed E-state index contributed by atoms with van der Waals surface area (Å²) in [6.07, 6.45) is 0. The number of aliphatic carboxylic acids is 1. The molecule has 145 valence electrons. The summed E-state index contributed by atoms with van der Waals surface area (Å²) < 4.78 is 5.09. The van der Waals surface area contributed by atoms with Gasteiger partial charge in [-0.15, -0.1) is 10.3 Å². The zero-order chi connectivity index (χ0) is 20.0. The molecule has 8 nitrogen and oxygen atoms in total. The Morgan fingerprint density at radius 1 is 1.22 bits per heavy atom. The topological polar surface area (TPSA) is 102 Å². The highest BCUT2D eigenvalue weighted by Gasteiger charge is 2.57. The number of carboxylic acids is 1. The van der Waals surface area contributed by atoms with E-state index in [1.807, 2.05) is 32.6 Å². The van der Waals surface area contributed by atoms with Crippen LogP contribution in [0, 0.1) is 5.92 Å². The standard InChI is InChI=1S/C19H24N3O5/c1-18(2)17-20-9-13(10-21(17)19(3,4)22(18)26)16(25)12-5-7-14(8-6-12)27-11-15(23)24/h5-8,13H,9-11H2,1-4H3,(H,23,24). The third-order valence-corrected chi connectivity index (χ3v) is 5.20. The Labute approximate surface area is 158 Å². The fourth-order valence-corrected chi connectivity index (χ4v) is 3.80. The second-order valence-corrected chi connectivity index (χ2v) is 7.89. The first-order valence-electron chi connectivity index (χ1n) is 8.84. The summed E-state index contributed by atoms with van der Waals surface area (Å²) in [5, 5.41) is 22.3. The predicted octanol–water partition coefficient (Wildman–Crippen LogP) is 1.84. The van der Waals surface area contributed by atoms with Crippen LogP contribution in [0.25, 0.3) is 0 Å². The molecule has 1 N–H and O–H groups in total. The number of hydroxylamine groups is 2. The monoisotopic (exact) mass is 374 g/mol. The minimum absolute atomic E-state index is 0.0551. The average molecular weight is 374 g/mol. The average Bonchev–Trinajstić information content (AvgIpc) is 2.77. The van der Waals surface area contributed by atoms with Crippen LogP contribution >= 0.6 is 0 Å². The van der Waals surface area contributed by atoms with Crippen LogP contribution in [-0.4, -0.2) is 63.6 Å². The van der Waals surface area contributed by atoms with Crippen LogP contribution in [0.5, 0.6) is 5.75 Å². The van der Waals surface area contributed by atoms with Gasteiger partial charge in [0.2, 0.25) is 0 Å². The molecule has 27 heavy (non-hydrogen) atoms. The molecule has 0 aromatic heterocycles. The number of fused-ring (bicyclic) bond motifs is 1. The van der Waals surface area contributed by atoms with Crippen molar-refractivity contribution in [2.45, 2.75) is 38.9 Å². The summed E-state index contributed by atoms with van der Waals surface area (Å²) in [6, 6.07) is 6.40. The Morgan fingerprint density at radius 2 is 1.85 bits per heavy atom. The van der Waals surface area contributed by atoms with Crippen LogP contribution in [-0.2, 0) is 10.0 Å². The number of hydrogen-bond donors (Lipinski definition) is 1. The lowest BCUT2D eigenvalue weighted by Crippen LogP contribution is -2.52. The van der Waals surface area contributed by atoms with Crippen LogP contribution in [0.1, 0.15) is 38.1 Å². The summed E-state index contributed by atoms with van der Waals surface area (Å²) >= 11 is 0. The largest absolute Gasteiger partial charge is 0.482 e. The van der Waals surface area contributed by atoms with E-state index in [4.69, 9.17) is 9.84 Å². The number of carbonyl (C=O) groups is 2. The molecule has 0 bridgehead atoms. The van der Waals surface area contributed by atoms with Crippen molar-refractivity contribution >= 4 is 17.6 Å². The second-order valence-electron chi connectivity index (χ2n) is 7.89. The van der Waals surface area contributed by atoms with Crippen LogP contribution in [0.15, 0.2) is 29.3 Å². The number of rotatable bonds is 5. The molecule has 1 radical (unpaired) electrons. The molecule has 1 aromatic carbocycles. The van der Waals surface area contributed by atoms with Gasteiger partial charge in [0.1, 0.15) is 22.8 Å². The Hall–Kier alpha value is -2.45. The number of Topliss-reactive ketones (excluding diaryl/α,β-unsaturated/α-hetero) is 1. The lowest BCUT2D eigenvalue weighted by molar-refractivity contribution is -0.258. The third-order valence-electron chi connectivity index (χ3n) is 5.20. The molecule has 2 heterocycles. The second kappa shape index (κ2) is 6.61. The van der Waals surface area contributed by atoms with Crippen molar-refractivity contribution < 1.29 is 24.6 Å². The van der Waals surface area contributed by atoms with E-state index in [1.54, 1.807) is 24.3 Å². The Morgan fingerprint density at radius 3 is 2.44 bits per heavy atom. The van der Waals surface area contributed by atoms with Crippen molar-refractivity contribution in [3.8, 4) is 5.75 Å². The fraction of sp³-hybridized carbons (Fsp3) is 0.526. The first kappa shape index (κ1) is 19.3. The van der Waals surface area contributed by atoms with E-state index in [-0.39, 0.29) is 11.7 Å². The summed E-state index contributed by atoms with van der Waals surface area (Å²) in [4.78, 5) is 29.9. The quantitative estimate of drug-likeness (QED) is 0.789. The lowest BCUT2D eigenvalue weighted by Gasteiger charge is -2.38. The smallest absolute Gasteiger partial charge is 0.341 e. The molecular formula is C19H24N3O5. The van der Waals surface area contributed by atoms with Gasteiger partial charge >= 0.3 is 5.97 Å². The van der Waals surface area contributed by atoms with Gasteiger partial charge in [-0.05, 0) is 52.0 Å². The Bertz CT molecular complexity index is 785. The SMILES string of the molecule is CC1(C)C2=NCC(C(=O)c3ccc(OCC(=O)O)cc3)CN2C(C)(C)N1[O]. The van der Waals surface area contributed by atoms with Crippen LogP contribution in [0.4, 0.5) is 0 Å². The molecular weight excluding hydrogens is 350 g/mol. The van der Waals surface area contributed by atoms with Gasteiger partial charge in [0.15, 0.2) is 12.4 Å². The lowest BCUT2D eigenvalue weighted by atomic mass is 9.94. The number of nitrogens with zero attached hydrogens (tertiary/aromatic N) is 3. The zero-order valence-corrected chi connectivity index (χ0v) is 15.9. The third kappa shape index (κ3) is 3.30. The number of benzene rings is 1. The first-order chi connectivity index (χ1) is 12.5. The molecule has 0 amide bonds. The van der Waals surface area contributed by atoms with Gasteiger partial charge in [0.25, 0.3) is 0 Å². The maximum Gasteiger partial charge on any atom is 0.341 e. The number of hydrogen-bond acceptors (Lipinski definition) is 6. The maximum absolute atomic E-state index is 12.9. The van der Waals surface area contributed by atoms with Crippen molar-refractivity contribution in [3.63, 3.8) is 0 Å². The van der Waals surface area contributed by atoms with Gasteiger partial charge in [-0.1, -0.05) is 0 Å². The summed E-state index contributed by atoms with van der Waals surface area (Å²) in [6.45, 7) is 7.72. The number of ether oxygens (including phenoxy) is 1. The molecule has 0 aliphatic carbocycles. The summed E-state index contributed by atoms with van der Waals surface area (Å²) in [7, 11) is 0.